The van der Waals surface area contributed by atoms with Crippen molar-refractivity contribution in [2.75, 3.05) is 0 Å². The number of aliphatic hydroxyl groups is 1. The Morgan fingerprint density at radius 3 is 2.70 bits per heavy atom. The van der Waals surface area contributed by atoms with Gasteiger partial charge in [-0.3, -0.25) is 0 Å². The minimum absolute atomic E-state index is 0.518. The zero-order chi connectivity index (χ0) is 14.3. The third-order valence-corrected chi connectivity index (χ3v) is 4.39. The molecular weight excluding hydrogens is 340 g/mol. The molecule has 0 spiro atoms. The number of halogens is 2. The van der Waals surface area contributed by atoms with Gasteiger partial charge in [0.2, 0.25) is 0 Å². The number of aliphatic hydroxyl groups excluding tert-OH is 1. The highest BCUT2D eigenvalue weighted by Crippen LogP contribution is 2.31. The molecule has 0 saturated carbocycles. The predicted octanol–water partition coefficient (Wildman–Crippen LogP) is 5.24. The van der Waals surface area contributed by atoms with Crippen LogP contribution in [0.15, 0.2) is 51.4 Å². The van der Waals surface area contributed by atoms with Crippen LogP contribution in [-0.4, -0.2) is 5.11 Å². The molecule has 1 atom stereocenters. The topological polar surface area (TPSA) is 33.4 Å². The van der Waals surface area contributed by atoms with Crippen molar-refractivity contribution in [2.45, 2.75) is 13.0 Å². The molecular formula is C16H12BrClO2. The van der Waals surface area contributed by atoms with Crippen molar-refractivity contribution in [1.82, 2.24) is 0 Å². The first-order valence-electron chi connectivity index (χ1n) is 6.18. The van der Waals surface area contributed by atoms with E-state index in [1.165, 1.54) is 0 Å². The number of hydrogen-bond acceptors (Lipinski definition) is 2. The Morgan fingerprint density at radius 1 is 1.15 bits per heavy atom. The fraction of sp³-hybridized carbons (Fsp3) is 0.125. The highest BCUT2D eigenvalue weighted by molar-refractivity contribution is 9.10. The molecule has 0 radical (unpaired) electrons. The zero-order valence-corrected chi connectivity index (χ0v) is 13.1. The van der Waals surface area contributed by atoms with E-state index in [9.17, 15) is 5.11 Å². The quantitative estimate of drug-likeness (QED) is 0.685. The summed E-state index contributed by atoms with van der Waals surface area (Å²) in [5.74, 6) is 0.518. The van der Waals surface area contributed by atoms with E-state index in [1.54, 1.807) is 12.1 Å². The minimum Gasteiger partial charge on any atom is -0.458 e. The van der Waals surface area contributed by atoms with Gasteiger partial charge in [-0.05, 0) is 48.4 Å². The number of rotatable bonds is 2. The lowest BCUT2D eigenvalue weighted by Crippen LogP contribution is -1.98. The Morgan fingerprint density at radius 2 is 1.95 bits per heavy atom. The van der Waals surface area contributed by atoms with Crippen LogP contribution < -0.4 is 0 Å². The lowest BCUT2D eigenvalue weighted by Gasteiger charge is -2.09. The van der Waals surface area contributed by atoms with Gasteiger partial charge >= 0.3 is 0 Å². The van der Waals surface area contributed by atoms with Crippen molar-refractivity contribution in [3.63, 3.8) is 0 Å². The molecule has 1 heterocycles. The van der Waals surface area contributed by atoms with Crippen molar-refractivity contribution >= 4 is 38.5 Å². The number of hydrogen-bond donors (Lipinski definition) is 1. The summed E-state index contributed by atoms with van der Waals surface area (Å²) in [6.45, 7) is 1.98. The molecule has 1 unspecified atom stereocenters. The fourth-order valence-corrected chi connectivity index (χ4v) is 2.60. The van der Waals surface area contributed by atoms with Crippen LogP contribution in [0.1, 0.15) is 23.0 Å². The molecule has 0 aliphatic carbocycles. The number of benzene rings is 2. The van der Waals surface area contributed by atoms with E-state index in [2.05, 4.69) is 15.9 Å². The number of furan rings is 1. The van der Waals surface area contributed by atoms with E-state index in [-0.39, 0.29) is 0 Å². The molecule has 0 aliphatic heterocycles. The summed E-state index contributed by atoms with van der Waals surface area (Å²) >= 11 is 9.40. The summed E-state index contributed by atoms with van der Waals surface area (Å²) in [5, 5.41) is 12.0. The van der Waals surface area contributed by atoms with E-state index in [1.807, 2.05) is 37.3 Å². The van der Waals surface area contributed by atoms with E-state index < -0.39 is 6.10 Å². The summed E-state index contributed by atoms with van der Waals surface area (Å²) in [6.07, 6.45) is -0.784. The second-order valence-electron chi connectivity index (χ2n) is 4.74. The average Bonchev–Trinajstić information content (AvgIpc) is 2.84. The summed E-state index contributed by atoms with van der Waals surface area (Å²) in [4.78, 5) is 0. The molecule has 0 amide bonds. The van der Waals surface area contributed by atoms with E-state index in [0.29, 0.717) is 10.8 Å². The van der Waals surface area contributed by atoms with E-state index in [0.717, 1.165) is 26.6 Å². The largest absolute Gasteiger partial charge is 0.458 e. The Bertz CT molecular complexity index is 779. The lowest BCUT2D eigenvalue weighted by atomic mass is 10.0. The van der Waals surface area contributed by atoms with Gasteiger partial charge in [-0.2, -0.15) is 0 Å². The molecule has 102 valence electrons. The predicted molar refractivity (Wildman–Crippen MR) is 84.2 cm³/mol. The molecule has 3 aromatic rings. The summed E-state index contributed by atoms with van der Waals surface area (Å²) < 4.78 is 6.71. The molecule has 1 N–H and O–H groups in total. The van der Waals surface area contributed by atoms with Gasteiger partial charge < -0.3 is 9.52 Å². The van der Waals surface area contributed by atoms with Gasteiger partial charge in [0.05, 0.1) is 0 Å². The highest BCUT2D eigenvalue weighted by atomic mass is 79.9. The van der Waals surface area contributed by atoms with Crippen molar-refractivity contribution < 1.29 is 9.52 Å². The standard InChI is InChI=1S/C16H12BrClO2/c1-9-6-10(2-4-13(9)17)16(19)15-8-11-7-12(18)3-5-14(11)20-15/h2-8,16,19H,1H3. The van der Waals surface area contributed by atoms with E-state index >= 15 is 0 Å². The van der Waals surface area contributed by atoms with Crippen LogP contribution >= 0.6 is 27.5 Å². The molecule has 2 nitrogen and oxygen atoms in total. The molecule has 0 bridgehead atoms. The maximum Gasteiger partial charge on any atom is 0.138 e. The second-order valence-corrected chi connectivity index (χ2v) is 6.03. The monoisotopic (exact) mass is 350 g/mol. The molecule has 0 aliphatic rings. The Balaban J connectivity index is 2.02. The fourth-order valence-electron chi connectivity index (χ4n) is 2.17. The first-order valence-corrected chi connectivity index (χ1v) is 7.35. The van der Waals surface area contributed by atoms with Crippen LogP contribution in [0.3, 0.4) is 0 Å². The molecule has 1 aromatic heterocycles. The van der Waals surface area contributed by atoms with Crippen LogP contribution in [0.2, 0.25) is 5.02 Å². The third kappa shape index (κ3) is 2.49. The third-order valence-electron chi connectivity index (χ3n) is 3.26. The smallest absolute Gasteiger partial charge is 0.138 e. The molecule has 4 heteroatoms. The van der Waals surface area contributed by atoms with Crippen molar-refractivity contribution in [3.05, 3.63) is 68.8 Å². The first-order chi connectivity index (χ1) is 9.54. The van der Waals surface area contributed by atoms with Gasteiger partial charge in [-0.15, -0.1) is 0 Å². The molecule has 0 fully saturated rings. The van der Waals surface area contributed by atoms with Crippen LogP contribution in [-0.2, 0) is 0 Å². The normalized spacial score (nSPS) is 12.8. The summed E-state index contributed by atoms with van der Waals surface area (Å²) in [5.41, 5.74) is 2.59. The van der Waals surface area contributed by atoms with Crippen molar-refractivity contribution in [2.24, 2.45) is 0 Å². The van der Waals surface area contributed by atoms with Crippen molar-refractivity contribution in [1.29, 1.82) is 0 Å². The molecule has 2 aromatic carbocycles. The second kappa shape index (κ2) is 5.24. The SMILES string of the molecule is Cc1cc(C(O)c2cc3cc(Cl)ccc3o2)ccc1Br. The Hall–Kier alpha value is -1.29. The van der Waals surface area contributed by atoms with Crippen molar-refractivity contribution in [3.8, 4) is 0 Å². The van der Waals surface area contributed by atoms with Crippen LogP contribution in [0.25, 0.3) is 11.0 Å². The summed E-state index contributed by atoms with van der Waals surface area (Å²) in [6, 6.07) is 13.0. The maximum atomic E-state index is 10.4. The lowest BCUT2D eigenvalue weighted by molar-refractivity contribution is 0.192. The first kappa shape index (κ1) is 13.7. The van der Waals surface area contributed by atoms with Crippen LogP contribution in [0.4, 0.5) is 0 Å². The van der Waals surface area contributed by atoms with Crippen LogP contribution in [0, 0.1) is 6.92 Å². The van der Waals surface area contributed by atoms with Gasteiger partial charge in [0, 0.05) is 14.9 Å². The highest BCUT2D eigenvalue weighted by Gasteiger charge is 2.16. The maximum absolute atomic E-state index is 10.4. The molecule has 0 saturated heterocycles. The van der Waals surface area contributed by atoms with Gasteiger partial charge in [0.15, 0.2) is 0 Å². The average molecular weight is 352 g/mol. The number of aryl methyl sites for hydroxylation is 1. The van der Waals surface area contributed by atoms with Gasteiger partial charge in [-0.1, -0.05) is 39.7 Å². The number of fused-ring (bicyclic) bond motifs is 1. The van der Waals surface area contributed by atoms with Crippen LogP contribution in [0.5, 0.6) is 0 Å². The molecule has 3 rings (SSSR count). The van der Waals surface area contributed by atoms with Gasteiger partial charge in [-0.25, -0.2) is 0 Å². The zero-order valence-electron chi connectivity index (χ0n) is 10.7. The van der Waals surface area contributed by atoms with Gasteiger partial charge in [0.1, 0.15) is 17.4 Å². The Labute approximate surface area is 130 Å². The summed E-state index contributed by atoms with van der Waals surface area (Å²) in [7, 11) is 0. The van der Waals surface area contributed by atoms with Gasteiger partial charge in [0.25, 0.3) is 0 Å². The molecule has 20 heavy (non-hydrogen) atoms. The minimum atomic E-state index is -0.784. The Kier molecular flexibility index (Phi) is 3.59. The van der Waals surface area contributed by atoms with E-state index in [4.69, 9.17) is 16.0 Å².